The number of hydrogen-bond acceptors (Lipinski definition) is 4. The maximum Gasteiger partial charge on any atom is 0.246 e. The van der Waals surface area contributed by atoms with E-state index in [0.29, 0.717) is 25.4 Å². The molecule has 2 heterocycles. The Morgan fingerprint density at radius 1 is 0.767 bits per heavy atom. The van der Waals surface area contributed by atoms with E-state index in [1.54, 1.807) is 0 Å². The van der Waals surface area contributed by atoms with Crippen molar-refractivity contribution in [3.8, 4) is 11.1 Å². The Hall–Kier alpha value is -4.00. The molecule has 0 aliphatic carbocycles. The zero-order chi connectivity index (χ0) is 29.6. The van der Waals surface area contributed by atoms with Gasteiger partial charge < -0.3 is 20.4 Å². The average Bonchev–Trinajstić information content (AvgIpc) is 3.05. The van der Waals surface area contributed by atoms with Crippen LogP contribution in [0.15, 0.2) is 97.1 Å². The lowest BCUT2D eigenvalue weighted by Gasteiger charge is -2.41. The Morgan fingerprint density at radius 3 is 2.19 bits per heavy atom. The maximum absolute atomic E-state index is 14.2. The molecule has 0 radical (unpaired) electrons. The van der Waals surface area contributed by atoms with Crippen LogP contribution in [0, 0.1) is 5.92 Å². The fraction of sp³-hybridized carbons (Fsp3) is 0.351. The smallest absolute Gasteiger partial charge is 0.246 e. The first-order valence-electron chi connectivity index (χ1n) is 15.7. The summed E-state index contributed by atoms with van der Waals surface area (Å²) in [4.78, 5) is 32.2. The van der Waals surface area contributed by atoms with Gasteiger partial charge >= 0.3 is 0 Å². The van der Waals surface area contributed by atoms with Crippen LogP contribution in [0.25, 0.3) is 21.9 Å². The van der Waals surface area contributed by atoms with E-state index < -0.39 is 12.1 Å². The number of carbonyl (C=O) groups excluding carboxylic acids is 2. The predicted molar refractivity (Wildman–Crippen MR) is 174 cm³/mol. The van der Waals surface area contributed by atoms with E-state index in [2.05, 4.69) is 89.2 Å². The molecule has 2 saturated heterocycles. The van der Waals surface area contributed by atoms with Gasteiger partial charge in [-0.1, -0.05) is 104 Å². The molecule has 6 nitrogen and oxygen atoms in total. The zero-order valence-electron chi connectivity index (χ0n) is 25.0. The summed E-state index contributed by atoms with van der Waals surface area (Å²) in [5.41, 5.74) is 4.37. The quantitative estimate of drug-likeness (QED) is 0.271. The second-order valence-electron chi connectivity index (χ2n) is 12.0. The summed E-state index contributed by atoms with van der Waals surface area (Å²) in [5, 5.41) is 8.88. The first kappa shape index (κ1) is 29.1. The highest BCUT2D eigenvalue weighted by Gasteiger charge is 2.41. The van der Waals surface area contributed by atoms with Crippen LogP contribution >= 0.6 is 0 Å². The molecular formula is C37H42N4O2. The van der Waals surface area contributed by atoms with E-state index in [4.69, 9.17) is 0 Å². The fourth-order valence-corrected chi connectivity index (χ4v) is 6.57. The van der Waals surface area contributed by atoms with Crippen LogP contribution in [0.4, 0.5) is 0 Å². The van der Waals surface area contributed by atoms with Crippen molar-refractivity contribution < 1.29 is 9.59 Å². The summed E-state index contributed by atoms with van der Waals surface area (Å²) < 4.78 is 0. The molecule has 2 N–H and O–H groups in total. The van der Waals surface area contributed by atoms with E-state index in [0.717, 1.165) is 66.7 Å². The molecule has 222 valence electrons. The molecule has 4 aromatic carbocycles. The lowest BCUT2D eigenvalue weighted by molar-refractivity contribution is -0.150. The number of fused-ring (bicyclic) bond motifs is 1. The number of benzene rings is 4. The van der Waals surface area contributed by atoms with Gasteiger partial charge in [0.25, 0.3) is 0 Å². The van der Waals surface area contributed by atoms with Crippen molar-refractivity contribution in [1.29, 1.82) is 0 Å². The normalized spacial score (nSPS) is 19.6. The maximum atomic E-state index is 14.2. The molecule has 0 spiro atoms. The SMILES string of the molecule is CCN(CC1CCNCC1)C[C@H]1C(=O)N[C@@H](Cc2ccc3ccccc3c2)C(=O)N1Cc1ccc(-c2ccccc2)cc1. The van der Waals surface area contributed by atoms with Gasteiger partial charge in [0.15, 0.2) is 0 Å². The number of piperazine rings is 1. The third kappa shape index (κ3) is 6.98. The van der Waals surface area contributed by atoms with Crippen LogP contribution in [0.1, 0.15) is 30.9 Å². The molecule has 2 aliphatic rings. The van der Waals surface area contributed by atoms with Crippen LogP contribution in [0.5, 0.6) is 0 Å². The van der Waals surface area contributed by atoms with Gasteiger partial charge in [0.2, 0.25) is 11.8 Å². The number of rotatable bonds is 10. The van der Waals surface area contributed by atoms with Crippen LogP contribution in [0.2, 0.25) is 0 Å². The van der Waals surface area contributed by atoms with E-state index in [1.165, 1.54) is 5.39 Å². The van der Waals surface area contributed by atoms with Crippen LogP contribution < -0.4 is 10.6 Å². The molecule has 43 heavy (non-hydrogen) atoms. The molecule has 0 unspecified atom stereocenters. The largest absolute Gasteiger partial charge is 0.342 e. The highest BCUT2D eigenvalue weighted by molar-refractivity contribution is 5.97. The third-order valence-electron chi connectivity index (χ3n) is 9.10. The van der Waals surface area contributed by atoms with Crippen molar-refractivity contribution in [2.45, 2.75) is 44.8 Å². The Bertz CT molecular complexity index is 1530. The van der Waals surface area contributed by atoms with Crippen molar-refractivity contribution >= 4 is 22.6 Å². The molecule has 0 aromatic heterocycles. The second-order valence-corrected chi connectivity index (χ2v) is 12.0. The van der Waals surface area contributed by atoms with Gasteiger partial charge in [0.1, 0.15) is 12.1 Å². The average molecular weight is 575 g/mol. The molecule has 2 atom stereocenters. The molecule has 6 rings (SSSR count). The Balaban J connectivity index is 1.23. The van der Waals surface area contributed by atoms with Crippen molar-refractivity contribution in [2.75, 3.05) is 32.7 Å². The van der Waals surface area contributed by atoms with E-state index in [-0.39, 0.29) is 11.8 Å². The summed E-state index contributed by atoms with van der Waals surface area (Å²) in [6.07, 6.45) is 2.77. The topological polar surface area (TPSA) is 64.7 Å². The summed E-state index contributed by atoms with van der Waals surface area (Å²) in [6.45, 7) is 7.00. The van der Waals surface area contributed by atoms with Crippen molar-refractivity contribution in [3.63, 3.8) is 0 Å². The molecule has 4 aromatic rings. The number of piperidine rings is 1. The minimum absolute atomic E-state index is 0.0113. The number of nitrogens with zero attached hydrogens (tertiary/aromatic N) is 2. The van der Waals surface area contributed by atoms with E-state index >= 15 is 0 Å². The molecular weight excluding hydrogens is 532 g/mol. The van der Waals surface area contributed by atoms with Gasteiger partial charge in [-0.3, -0.25) is 9.59 Å². The van der Waals surface area contributed by atoms with Crippen LogP contribution in [-0.2, 0) is 22.6 Å². The Kier molecular flexibility index (Phi) is 9.16. The molecule has 6 heteroatoms. The Morgan fingerprint density at radius 2 is 1.44 bits per heavy atom. The molecule has 2 amide bonds. The standard InChI is InChI=1S/C37H42N4O2/c1-2-40(24-28-18-20-38-21-19-28)26-35-36(42)39-34(23-29-14-17-31-10-6-7-11-33(31)22-29)37(43)41(35)25-27-12-15-32(16-13-27)30-8-4-3-5-9-30/h3-17,22,28,34-35,38H,2,18-21,23-26H2,1H3,(H,39,42)/t34-,35-/m0/s1. The van der Waals surface area contributed by atoms with Crippen molar-refractivity contribution in [2.24, 2.45) is 5.92 Å². The summed E-state index contributed by atoms with van der Waals surface area (Å²) >= 11 is 0. The molecule has 2 fully saturated rings. The zero-order valence-corrected chi connectivity index (χ0v) is 25.0. The van der Waals surface area contributed by atoms with Gasteiger partial charge in [-0.15, -0.1) is 0 Å². The minimum atomic E-state index is -0.590. The number of likely N-dealkylation sites (N-methyl/N-ethyl adjacent to an activating group) is 1. The lowest BCUT2D eigenvalue weighted by Crippen LogP contribution is -2.66. The predicted octanol–water partition coefficient (Wildman–Crippen LogP) is 5.27. The van der Waals surface area contributed by atoms with Gasteiger partial charge in [0.05, 0.1) is 0 Å². The van der Waals surface area contributed by atoms with Crippen molar-refractivity contribution in [1.82, 2.24) is 20.4 Å². The van der Waals surface area contributed by atoms with E-state index in [9.17, 15) is 9.59 Å². The number of nitrogens with one attached hydrogen (secondary N) is 2. The van der Waals surface area contributed by atoms with E-state index in [1.807, 2.05) is 35.2 Å². The number of amides is 2. The highest BCUT2D eigenvalue weighted by Crippen LogP contribution is 2.24. The Labute approximate surface area is 255 Å². The lowest BCUT2D eigenvalue weighted by atomic mass is 9.96. The fourth-order valence-electron chi connectivity index (χ4n) is 6.57. The highest BCUT2D eigenvalue weighted by atomic mass is 16.2. The first-order chi connectivity index (χ1) is 21.1. The number of carbonyl (C=O) groups is 2. The van der Waals surface area contributed by atoms with Gasteiger partial charge in [-0.2, -0.15) is 0 Å². The summed E-state index contributed by atoms with van der Waals surface area (Å²) in [7, 11) is 0. The van der Waals surface area contributed by atoms with Crippen LogP contribution in [-0.4, -0.2) is 66.4 Å². The molecule has 0 saturated carbocycles. The monoisotopic (exact) mass is 574 g/mol. The molecule has 2 aliphatic heterocycles. The molecule has 0 bridgehead atoms. The summed E-state index contributed by atoms with van der Waals surface area (Å²) in [5.74, 6) is 0.543. The second kappa shape index (κ2) is 13.5. The first-order valence-corrected chi connectivity index (χ1v) is 15.7. The third-order valence-corrected chi connectivity index (χ3v) is 9.10. The van der Waals surface area contributed by atoms with Gasteiger partial charge in [0, 0.05) is 26.1 Å². The van der Waals surface area contributed by atoms with Crippen LogP contribution in [0.3, 0.4) is 0 Å². The van der Waals surface area contributed by atoms with Crippen molar-refractivity contribution in [3.05, 3.63) is 108 Å². The summed E-state index contributed by atoms with van der Waals surface area (Å²) in [6, 6.07) is 32.1. The van der Waals surface area contributed by atoms with Gasteiger partial charge in [-0.25, -0.2) is 0 Å². The number of hydrogen-bond donors (Lipinski definition) is 2. The minimum Gasteiger partial charge on any atom is -0.342 e. The van der Waals surface area contributed by atoms with Gasteiger partial charge in [-0.05, 0) is 71.4 Å².